The minimum absolute atomic E-state index is 0.230. The molecule has 0 spiro atoms. The van der Waals surface area contributed by atoms with Crippen LogP contribution >= 0.6 is 0 Å². The summed E-state index contributed by atoms with van der Waals surface area (Å²) in [6.45, 7) is -0.230. The molecule has 0 aliphatic heterocycles. The van der Waals surface area contributed by atoms with Gasteiger partial charge in [-0.2, -0.15) is 0 Å². The third kappa shape index (κ3) is 3.57. The van der Waals surface area contributed by atoms with Crippen LogP contribution in [-0.4, -0.2) is 18.5 Å². The molecule has 0 aliphatic rings. The Morgan fingerprint density at radius 3 is 2.50 bits per heavy atom. The minimum Gasteiger partial charge on any atom is -0.410 e. The lowest BCUT2D eigenvalue weighted by Gasteiger charge is -2.03. The van der Waals surface area contributed by atoms with Crippen molar-refractivity contribution >= 4 is 12.0 Å². The van der Waals surface area contributed by atoms with Gasteiger partial charge in [0.05, 0.1) is 6.54 Å². The Kier molecular flexibility index (Phi) is 3.49. The molecule has 0 atom stereocenters. The highest BCUT2D eigenvalue weighted by Crippen LogP contribution is 2.07. The summed E-state index contributed by atoms with van der Waals surface area (Å²) in [5, 5.41) is 2.19. The Balaban J connectivity index is 2.38. The van der Waals surface area contributed by atoms with Crippen LogP contribution in [0.1, 0.15) is 0 Å². The zero-order chi connectivity index (χ0) is 10.4. The molecule has 0 saturated heterocycles. The van der Waals surface area contributed by atoms with Gasteiger partial charge in [0.25, 0.3) is 0 Å². The largest absolute Gasteiger partial charge is 0.413 e. The first kappa shape index (κ1) is 10.0. The highest BCUT2D eigenvalue weighted by molar-refractivity contribution is 5.81. The van der Waals surface area contributed by atoms with E-state index in [9.17, 15) is 9.59 Å². The molecule has 3 N–H and O–H groups in total. The van der Waals surface area contributed by atoms with Crippen molar-refractivity contribution in [1.82, 2.24) is 5.32 Å². The van der Waals surface area contributed by atoms with Gasteiger partial charge >= 0.3 is 6.09 Å². The second-order valence-corrected chi connectivity index (χ2v) is 2.52. The van der Waals surface area contributed by atoms with Crippen molar-refractivity contribution in [2.24, 2.45) is 5.73 Å². The molecule has 0 aliphatic carbocycles. The normalized spacial score (nSPS) is 9.14. The SMILES string of the molecule is NC(=O)CNC(=O)Oc1ccccc1. The van der Waals surface area contributed by atoms with E-state index < -0.39 is 12.0 Å². The Morgan fingerprint density at radius 1 is 1.29 bits per heavy atom. The lowest BCUT2D eigenvalue weighted by molar-refractivity contribution is -0.117. The molecule has 14 heavy (non-hydrogen) atoms. The van der Waals surface area contributed by atoms with Crippen molar-refractivity contribution in [3.63, 3.8) is 0 Å². The fourth-order valence-electron chi connectivity index (χ4n) is 0.791. The van der Waals surface area contributed by atoms with Gasteiger partial charge in [-0.3, -0.25) is 4.79 Å². The van der Waals surface area contributed by atoms with Gasteiger partial charge in [0.2, 0.25) is 5.91 Å². The molecule has 5 heteroatoms. The maximum Gasteiger partial charge on any atom is 0.413 e. The second kappa shape index (κ2) is 4.86. The molecule has 5 nitrogen and oxygen atoms in total. The van der Waals surface area contributed by atoms with Crippen LogP contribution in [0.15, 0.2) is 30.3 Å². The second-order valence-electron chi connectivity index (χ2n) is 2.52. The minimum atomic E-state index is -0.699. The summed E-state index contributed by atoms with van der Waals surface area (Å²) < 4.78 is 4.81. The maximum atomic E-state index is 11.0. The van der Waals surface area contributed by atoms with Gasteiger partial charge in [-0.05, 0) is 12.1 Å². The molecule has 0 fully saturated rings. The molecule has 74 valence electrons. The van der Waals surface area contributed by atoms with Crippen molar-refractivity contribution in [3.8, 4) is 5.75 Å². The number of hydrogen-bond acceptors (Lipinski definition) is 3. The van der Waals surface area contributed by atoms with Crippen LogP contribution in [-0.2, 0) is 4.79 Å². The molecule has 1 rings (SSSR count). The highest BCUT2D eigenvalue weighted by atomic mass is 16.6. The summed E-state index contributed by atoms with van der Waals surface area (Å²) >= 11 is 0. The van der Waals surface area contributed by atoms with E-state index in [1.165, 1.54) is 0 Å². The van der Waals surface area contributed by atoms with Crippen LogP contribution in [0, 0.1) is 0 Å². The average Bonchev–Trinajstić information content (AvgIpc) is 2.16. The molecule has 0 saturated carbocycles. The Bertz CT molecular complexity index is 324. The van der Waals surface area contributed by atoms with Crippen molar-refractivity contribution < 1.29 is 14.3 Å². The van der Waals surface area contributed by atoms with Crippen LogP contribution < -0.4 is 15.8 Å². The fourth-order valence-corrected chi connectivity index (χ4v) is 0.791. The van der Waals surface area contributed by atoms with Gasteiger partial charge in [0.15, 0.2) is 0 Å². The predicted octanol–water partition coefficient (Wildman–Crippen LogP) is 0.260. The average molecular weight is 194 g/mol. The number of amides is 2. The molecule has 0 aromatic heterocycles. The van der Waals surface area contributed by atoms with Crippen molar-refractivity contribution in [2.45, 2.75) is 0 Å². The number of benzene rings is 1. The summed E-state index contributed by atoms with van der Waals surface area (Å²) in [5.41, 5.74) is 4.82. The molecule has 1 aromatic rings. The third-order valence-electron chi connectivity index (χ3n) is 1.36. The zero-order valence-corrected chi connectivity index (χ0v) is 7.40. The zero-order valence-electron chi connectivity index (χ0n) is 7.40. The lowest BCUT2D eigenvalue weighted by Crippen LogP contribution is -2.35. The molecular formula is C9H10N2O3. The summed E-state index contributed by atoms with van der Waals surface area (Å²) in [4.78, 5) is 21.3. The standard InChI is InChI=1S/C9H10N2O3/c10-8(12)6-11-9(13)14-7-4-2-1-3-5-7/h1-5H,6H2,(H2,10,12)(H,11,13). The van der Waals surface area contributed by atoms with Crippen LogP contribution in [0.25, 0.3) is 0 Å². The Hall–Kier alpha value is -2.04. The number of hydrogen-bond donors (Lipinski definition) is 2. The summed E-state index contributed by atoms with van der Waals surface area (Å²) in [7, 11) is 0. The van der Waals surface area contributed by atoms with E-state index in [0.29, 0.717) is 5.75 Å². The monoisotopic (exact) mass is 194 g/mol. The fraction of sp³-hybridized carbons (Fsp3) is 0.111. The molecule has 0 heterocycles. The van der Waals surface area contributed by atoms with E-state index in [4.69, 9.17) is 10.5 Å². The maximum absolute atomic E-state index is 11.0. The predicted molar refractivity (Wildman–Crippen MR) is 49.7 cm³/mol. The number of rotatable bonds is 3. The number of carbonyl (C=O) groups is 2. The molecule has 0 bridgehead atoms. The van der Waals surface area contributed by atoms with Crippen molar-refractivity contribution in [1.29, 1.82) is 0 Å². The van der Waals surface area contributed by atoms with Gasteiger partial charge in [0.1, 0.15) is 5.75 Å². The quantitative estimate of drug-likeness (QED) is 0.724. The number of para-hydroxylation sites is 1. The highest BCUT2D eigenvalue weighted by Gasteiger charge is 2.03. The summed E-state index contributed by atoms with van der Waals surface area (Å²) in [6.07, 6.45) is -0.699. The number of carbonyl (C=O) groups excluding carboxylic acids is 2. The van der Waals surface area contributed by atoms with E-state index in [-0.39, 0.29) is 6.54 Å². The van der Waals surface area contributed by atoms with Crippen LogP contribution in [0.4, 0.5) is 4.79 Å². The Labute approximate surface area is 80.9 Å². The topological polar surface area (TPSA) is 81.4 Å². The number of nitrogens with two attached hydrogens (primary N) is 1. The van der Waals surface area contributed by atoms with Crippen molar-refractivity contribution in [2.75, 3.05) is 6.54 Å². The summed E-state index contributed by atoms with van der Waals surface area (Å²) in [5.74, 6) is -0.204. The smallest absolute Gasteiger partial charge is 0.410 e. The van der Waals surface area contributed by atoms with Gasteiger partial charge in [-0.25, -0.2) is 4.79 Å². The van der Waals surface area contributed by atoms with E-state index in [2.05, 4.69) is 5.32 Å². The number of primary amides is 1. The number of nitrogens with one attached hydrogen (secondary N) is 1. The lowest BCUT2D eigenvalue weighted by atomic mass is 10.3. The van der Waals surface area contributed by atoms with E-state index in [1.54, 1.807) is 30.3 Å². The molecule has 2 amide bonds. The van der Waals surface area contributed by atoms with Gasteiger partial charge in [-0.1, -0.05) is 18.2 Å². The third-order valence-corrected chi connectivity index (χ3v) is 1.36. The first-order chi connectivity index (χ1) is 6.68. The molecular weight excluding hydrogens is 184 g/mol. The molecule has 1 aromatic carbocycles. The summed E-state index contributed by atoms with van der Waals surface area (Å²) in [6, 6.07) is 8.52. The van der Waals surface area contributed by atoms with E-state index in [1.807, 2.05) is 0 Å². The van der Waals surface area contributed by atoms with Gasteiger partial charge in [-0.15, -0.1) is 0 Å². The van der Waals surface area contributed by atoms with Crippen LogP contribution in [0.2, 0.25) is 0 Å². The van der Waals surface area contributed by atoms with Crippen molar-refractivity contribution in [3.05, 3.63) is 30.3 Å². The first-order valence-electron chi connectivity index (χ1n) is 3.97. The van der Waals surface area contributed by atoms with Gasteiger partial charge < -0.3 is 15.8 Å². The van der Waals surface area contributed by atoms with Crippen LogP contribution in [0.3, 0.4) is 0 Å². The van der Waals surface area contributed by atoms with E-state index >= 15 is 0 Å². The number of ether oxygens (including phenoxy) is 1. The van der Waals surface area contributed by atoms with E-state index in [0.717, 1.165) is 0 Å². The van der Waals surface area contributed by atoms with Crippen LogP contribution in [0.5, 0.6) is 5.75 Å². The molecule has 0 radical (unpaired) electrons. The first-order valence-corrected chi connectivity index (χ1v) is 3.97. The molecule has 0 unspecified atom stereocenters. The van der Waals surface area contributed by atoms with Gasteiger partial charge in [0, 0.05) is 0 Å². The Morgan fingerprint density at radius 2 is 1.93 bits per heavy atom.